The Hall–Kier alpha value is -2.22. The largest absolute Gasteiger partial charge is 0.422 e. The van der Waals surface area contributed by atoms with Crippen LogP contribution in [0.3, 0.4) is 0 Å². The van der Waals surface area contributed by atoms with E-state index in [9.17, 15) is 4.79 Å². The van der Waals surface area contributed by atoms with Crippen LogP contribution in [0.1, 0.15) is 62.3 Å². The summed E-state index contributed by atoms with van der Waals surface area (Å²) in [4.78, 5) is 14.2. The summed E-state index contributed by atoms with van der Waals surface area (Å²) in [5, 5.41) is 12.4. The third kappa shape index (κ3) is 4.12. The van der Waals surface area contributed by atoms with E-state index in [-0.39, 0.29) is 30.6 Å². The maximum Gasteiger partial charge on any atom is 0.242 e. The molecule has 0 saturated carbocycles. The summed E-state index contributed by atoms with van der Waals surface area (Å²) < 4.78 is 13.2. The highest BCUT2D eigenvalue weighted by atomic mass is 16.5. The molecular formula is C18H27N5O3. The second kappa shape index (κ2) is 7.57. The minimum absolute atomic E-state index is 0.0253. The van der Waals surface area contributed by atoms with Crippen molar-refractivity contribution in [3.05, 3.63) is 29.2 Å². The van der Waals surface area contributed by atoms with Gasteiger partial charge in [-0.3, -0.25) is 9.48 Å². The molecule has 0 radical (unpaired) electrons. The third-order valence-electron chi connectivity index (χ3n) is 4.55. The van der Waals surface area contributed by atoms with Gasteiger partial charge in [-0.2, -0.15) is 5.10 Å². The lowest BCUT2D eigenvalue weighted by atomic mass is 10.1. The summed E-state index contributed by atoms with van der Waals surface area (Å²) in [6, 6.07) is 2.07. The molecule has 8 nitrogen and oxygen atoms in total. The Morgan fingerprint density at radius 1 is 1.31 bits per heavy atom. The van der Waals surface area contributed by atoms with Crippen molar-refractivity contribution in [2.45, 2.75) is 65.7 Å². The Morgan fingerprint density at radius 2 is 2.04 bits per heavy atom. The van der Waals surface area contributed by atoms with Gasteiger partial charge in [0.25, 0.3) is 0 Å². The molecule has 0 aromatic carbocycles. The predicted octanol–water partition coefficient (Wildman–Crippen LogP) is 2.39. The minimum Gasteiger partial charge on any atom is -0.422 e. The zero-order valence-corrected chi connectivity index (χ0v) is 16.1. The number of hydrogen-bond donors (Lipinski definition) is 0. The Labute approximate surface area is 153 Å². The number of hydrogen-bond acceptors (Lipinski definition) is 6. The van der Waals surface area contributed by atoms with Gasteiger partial charge in [-0.25, -0.2) is 0 Å². The summed E-state index contributed by atoms with van der Waals surface area (Å²) in [5.74, 6) is 1.44. The molecule has 0 bridgehead atoms. The van der Waals surface area contributed by atoms with Crippen molar-refractivity contribution in [3.63, 3.8) is 0 Å². The van der Waals surface area contributed by atoms with Crippen molar-refractivity contribution in [3.8, 4) is 0 Å². The lowest BCUT2D eigenvalue weighted by molar-refractivity contribution is -0.147. The van der Waals surface area contributed by atoms with Gasteiger partial charge in [0.05, 0.1) is 17.8 Å². The van der Waals surface area contributed by atoms with E-state index in [1.54, 1.807) is 0 Å². The highest BCUT2D eigenvalue weighted by Crippen LogP contribution is 2.20. The molecule has 1 aliphatic rings. The molecule has 1 aliphatic heterocycles. The van der Waals surface area contributed by atoms with E-state index in [1.165, 1.54) is 0 Å². The molecule has 3 rings (SSSR count). The van der Waals surface area contributed by atoms with Gasteiger partial charge in [0.2, 0.25) is 17.7 Å². The second-order valence-electron chi connectivity index (χ2n) is 7.35. The summed E-state index contributed by atoms with van der Waals surface area (Å²) in [5.41, 5.74) is 2.05. The molecule has 3 heterocycles. The van der Waals surface area contributed by atoms with E-state index < -0.39 is 0 Å². The van der Waals surface area contributed by atoms with Crippen LogP contribution in [0.15, 0.2) is 10.5 Å². The first kappa shape index (κ1) is 18.6. The fourth-order valence-corrected chi connectivity index (χ4v) is 3.06. The molecule has 0 spiro atoms. The first-order chi connectivity index (χ1) is 12.3. The van der Waals surface area contributed by atoms with Crippen LogP contribution >= 0.6 is 0 Å². The van der Waals surface area contributed by atoms with E-state index in [4.69, 9.17) is 9.15 Å². The summed E-state index contributed by atoms with van der Waals surface area (Å²) in [6.07, 6.45) is 0.466. The Morgan fingerprint density at radius 3 is 2.62 bits per heavy atom. The number of carbonyl (C=O) groups is 1. The molecule has 1 atom stereocenters. The van der Waals surface area contributed by atoms with Crippen LogP contribution in [0.4, 0.5) is 0 Å². The number of amides is 1. The standard InChI is InChI=1S/C18H27N5O3/c1-11(2)18-20-19-16(26-18)10-25-15-8-22(9-15)17(24)7-14(5)23-13(4)6-12(3)21-23/h6,11,14-15H,7-10H2,1-5H3. The van der Waals surface area contributed by atoms with Crippen LogP contribution < -0.4 is 0 Å². The first-order valence-electron chi connectivity index (χ1n) is 9.08. The van der Waals surface area contributed by atoms with Gasteiger partial charge in [0.15, 0.2) is 0 Å². The maximum absolute atomic E-state index is 12.4. The van der Waals surface area contributed by atoms with E-state index in [2.05, 4.69) is 15.3 Å². The van der Waals surface area contributed by atoms with Crippen LogP contribution in [0.25, 0.3) is 0 Å². The van der Waals surface area contributed by atoms with Gasteiger partial charge in [-0.05, 0) is 26.8 Å². The molecule has 1 amide bonds. The molecule has 2 aromatic rings. The van der Waals surface area contributed by atoms with Crippen molar-refractivity contribution in [1.82, 2.24) is 24.9 Å². The van der Waals surface area contributed by atoms with Crippen LogP contribution in [0.5, 0.6) is 0 Å². The number of carbonyl (C=O) groups excluding carboxylic acids is 1. The van der Waals surface area contributed by atoms with E-state index in [1.807, 2.05) is 50.3 Å². The smallest absolute Gasteiger partial charge is 0.242 e. The SMILES string of the molecule is Cc1cc(C)n(C(C)CC(=O)N2CC(OCc3nnc(C(C)C)o3)C2)n1. The minimum atomic E-state index is 0.0253. The molecule has 0 N–H and O–H groups in total. The van der Waals surface area contributed by atoms with E-state index in [0.717, 1.165) is 11.4 Å². The Kier molecular flexibility index (Phi) is 5.41. The summed E-state index contributed by atoms with van der Waals surface area (Å²) >= 11 is 0. The van der Waals surface area contributed by atoms with E-state index >= 15 is 0 Å². The quantitative estimate of drug-likeness (QED) is 0.753. The monoisotopic (exact) mass is 361 g/mol. The van der Waals surface area contributed by atoms with Crippen LogP contribution in [0, 0.1) is 13.8 Å². The molecule has 2 aromatic heterocycles. The third-order valence-corrected chi connectivity index (χ3v) is 4.55. The van der Waals surface area contributed by atoms with Crippen molar-refractivity contribution in [1.29, 1.82) is 0 Å². The lowest BCUT2D eigenvalue weighted by Crippen LogP contribution is -2.55. The van der Waals surface area contributed by atoms with Crippen molar-refractivity contribution in [2.75, 3.05) is 13.1 Å². The average molecular weight is 361 g/mol. The van der Waals surface area contributed by atoms with Gasteiger partial charge in [-0.15, -0.1) is 10.2 Å². The van der Waals surface area contributed by atoms with Crippen molar-refractivity contribution in [2.24, 2.45) is 0 Å². The summed E-state index contributed by atoms with van der Waals surface area (Å²) in [7, 11) is 0. The number of aryl methyl sites for hydroxylation is 2. The fourth-order valence-electron chi connectivity index (χ4n) is 3.06. The van der Waals surface area contributed by atoms with Crippen LogP contribution in [0.2, 0.25) is 0 Å². The molecule has 1 fully saturated rings. The average Bonchev–Trinajstić information content (AvgIpc) is 3.12. The number of likely N-dealkylation sites (tertiary alicyclic amines) is 1. The van der Waals surface area contributed by atoms with Crippen LogP contribution in [-0.2, 0) is 16.1 Å². The molecule has 1 saturated heterocycles. The number of ether oxygens (including phenoxy) is 1. The summed E-state index contributed by atoms with van der Waals surface area (Å²) in [6.45, 7) is 11.5. The molecule has 0 aliphatic carbocycles. The number of nitrogens with zero attached hydrogens (tertiary/aromatic N) is 5. The van der Waals surface area contributed by atoms with Gasteiger partial charge < -0.3 is 14.1 Å². The van der Waals surface area contributed by atoms with Gasteiger partial charge in [0, 0.05) is 31.1 Å². The first-order valence-corrected chi connectivity index (χ1v) is 9.08. The van der Waals surface area contributed by atoms with Gasteiger partial charge in [-0.1, -0.05) is 13.8 Å². The van der Waals surface area contributed by atoms with Crippen LogP contribution in [-0.4, -0.2) is 50.0 Å². The molecular weight excluding hydrogens is 334 g/mol. The second-order valence-corrected chi connectivity index (χ2v) is 7.35. The fraction of sp³-hybridized carbons (Fsp3) is 0.667. The molecule has 142 valence electrons. The van der Waals surface area contributed by atoms with Crippen molar-refractivity contribution >= 4 is 5.91 Å². The van der Waals surface area contributed by atoms with Gasteiger partial charge in [0.1, 0.15) is 6.61 Å². The predicted molar refractivity (Wildman–Crippen MR) is 94.6 cm³/mol. The Balaban J connectivity index is 1.41. The van der Waals surface area contributed by atoms with Gasteiger partial charge >= 0.3 is 0 Å². The topological polar surface area (TPSA) is 86.3 Å². The molecule has 1 unspecified atom stereocenters. The number of aromatic nitrogens is 4. The highest BCUT2D eigenvalue weighted by molar-refractivity contribution is 5.77. The van der Waals surface area contributed by atoms with E-state index in [0.29, 0.717) is 31.3 Å². The Bertz CT molecular complexity index is 761. The molecule has 8 heteroatoms. The normalized spacial score (nSPS) is 16.2. The lowest BCUT2D eigenvalue weighted by Gasteiger charge is -2.39. The highest BCUT2D eigenvalue weighted by Gasteiger charge is 2.32. The zero-order chi connectivity index (χ0) is 18.8. The van der Waals surface area contributed by atoms with Crippen molar-refractivity contribution < 1.29 is 13.9 Å². The zero-order valence-electron chi connectivity index (χ0n) is 16.1. The molecule has 26 heavy (non-hydrogen) atoms. The number of rotatable bonds is 7. The maximum atomic E-state index is 12.4.